The van der Waals surface area contributed by atoms with E-state index in [9.17, 15) is 4.79 Å². The molecule has 1 amide bonds. The molecule has 0 spiro atoms. The number of anilines is 1. The number of pyridine rings is 1. The van der Waals surface area contributed by atoms with E-state index >= 15 is 0 Å². The number of carbonyl (C=O) groups excluding carboxylic acids is 1. The SMILES string of the molecule is COc1cccc(C[C@H]2[C@H]3C[C@H](CN(c4cc(C(N)=O)ccn4)C3)[C@@H]3CCCCN32)c1. The monoisotopic (exact) mass is 420 g/mol. The number of amides is 1. The van der Waals surface area contributed by atoms with Gasteiger partial charge in [-0.1, -0.05) is 18.6 Å². The number of fused-ring (bicyclic) bond motifs is 4. The Balaban J connectivity index is 1.43. The van der Waals surface area contributed by atoms with Crippen LogP contribution in [0.3, 0.4) is 0 Å². The Labute approximate surface area is 184 Å². The molecule has 1 aromatic carbocycles. The number of piperidine rings is 3. The van der Waals surface area contributed by atoms with Gasteiger partial charge in [-0.15, -0.1) is 0 Å². The van der Waals surface area contributed by atoms with Crippen molar-refractivity contribution in [1.29, 1.82) is 0 Å². The van der Waals surface area contributed by atoms with Crippen molar-refractivity contribution in [3.05, 3.63) is 53.7 Å². The zero-order chi connectivity index (χ0) is 21.4. The number of nitrogens with zero attached hydrogens (tertiary/aromatic N) is 3. The summed E-state index contributed by atoms with van der Waals surface area (Å²) in [5, 5.41) is 0. The Hall–Kier alpha value is -2.60. The Bertz CT molecular complexity index is 949. The molecule has 5 rings (SSSR count). The summed E-state index contributed by atoms with van der Waals surface area (Å²) < 4.78 is 5.47. The van der Waals surface area contributed by atoms with Crippen molar-refractivity contribution in [2.24, 2.45) is 17.6 Å². The van der Waals surface area contributed by atoms with Crippen molar-refractivity contribution >= 4 is 11.7 Å². The number of benzene rings is 1. The van der Waals surface area contributed by atoms with Crippen LogP contribution in [0.15, 0.2) is 42.6 Å². The Kier molecular flexibility index (Phi) is 5.57. The molecule has 0 saturated carbocycles. The molecule has 3 aliphatic heterocycles. The van der Waals surface area contributed by atoms with Crippen LogP contribution in [-0.2, 0) is 6.42 Å². The smallest absolute Gasteiger partial charge is 0.248 e. The minimum Gasteiger partial charge on any atom is -0.497 e. The summed E-state index contributed by atoms with van der Waals surface area (Å²) in [7, 11) is 1.73. The van der Waals surface area contributed by atoms with Crippen LogP contribution in [0.4, 0.5) is 5.82 Å². The van der Waals surface area contributed by atoms with E-state index in [0.717, 1.165) is 31.1 Å². The third-order valence-corrected chi connectivity index (χ3v) is 7.55. The summed E-state index contributed by atoms with van der Waals surface area (Å²) >= 11 is 0. The van der Waals surface area contributed by atoms with Gasteiger partial charge in [0, 0.05) is 36.9 Å². The van der Waals surface area contributed by atoms with Crippen LogP contribution in [0.5, 0.6) is 5.75 Å². The van der Waals surface area contributed by atoms with Gasteiger partial charge in [0.05, 0.1) is 7.11 Å². The van der Waals surface area contributed by atoms with E-state index in [0.29, 0.717) is 29.5 Å². The van der Waals surface area contributed by atoms with Gasteiger partial charge in [0.1, 0.15) is 11.6 Å². The maximum atomic E-state index is 11.7. The third kappa shape index (κ3) is 4.01. The predicted octanol–water partition coefficient (Wildman–Crippen LogP) is 3.11. The van der Waals surface area contributed by atoms with Crippen LogP contribution in [-0.4, -0.2) is 54.6 Å². The Morgan fingerprint density at radius 1 is 1.19 bits per heavy atom. The molecule has 0 aliphatic carbocycles. The first-order chi connectivity index (χ1) is 15.1. The number of methoxy groups -OCH3 is 1. The largest absolute Gasteiger partial charge is 0.497 e. The number of ether oxygens (including phenoxy) is 1. The minimum absolute atomic E-state index is 0.393. The van der Waals surface area contributed by atoms with E-state index in [4.69, 9.17) is 10.5 Å². The van der Waals surface area contributed by atoms with E-state index < -0.39 is 5.91 Å². The highest BCUT2D eigenvalue weighted by Gasteiger charge is 2.47. The van der Waals surface area contributed by atoms with Crippen molar-refractivity contribution < 1.29 is 9.53 Å². The minimum atomic E-state index is -0.393. The van der Waals surface area contributed by atoms with Crippen LogP contribution in [0.2, 0.25) is 0 Å². The van der Waals surface area contributed by atoms with E-state index in [1.54, 1.807) is 19.4 Å². The maximum absolute atomic E-state index is 11.7. The van der Waals surface area contributed by atoms with Crippen molar-refractivity contribution in [2.75, 3.05) is 31.6 Å². The summed E-state index contributed by atoms with van der Waals surface area (Å²) in [6, 6.07) is 13.3. The topological polar surface area (TPSA) is 71.7 Å². The summed E-state index contributed by atoms with van der Waals surface area (Å²) in [5.41, 5.74) is 7.40. The third-order valence-electron chi connectivity index (χ3n) is 7.55. The first-order valence-corrected chi connectivity index (χ1v) is 11.5. The number of rotatable bonds is 5. The lowest BCUT2D eigenvalue weighted by Gasteiger charge is -2.57. The fourth-order valence-corrected chi connectivity index (χ4v) is 6.16. The van der Waals surface area contributed by atoms with Gasteiger partial charge in [-0.3, -0.25) is 9.69 Å². The van der Waals surface area contributed by atoms with Gasteiger partial charge in [0.2, 0.25) is 5.91 Å². The van der Waals surface area contributed by atoms with Crippen LogP contribution in [0, 0.1) is 11.8 Å². The van der Waals surface area contributed by atoms with Gasteiger partial charge >= 0.3 is 0 Å². The lowest BCUT2D eigenvalue weighted by atomic mass is 9.71. The van der Waals surface area contributed by atoms with Gasteiger partial charge in [0.25, 0.3) is 0 Å². The molecule has 3 aliphatic rings. The second-order valence-corrected chi connectivity index (χ2v) is 9.35. The number of nitrogens with two attached hydrogens (primary N) is 1. The lowest BCUT2D eigenvalue weighted by Crippen LogP contribution is -2.64. The molecule has 2 bridgehead atoms. The van der Waals surface area contributed by atoms with Crippen molar-refractivity contribution in [1.82, 2.24) is 9.88 Å². The van der Waals surface area contributed by atoms with Gasteiger partial charge in [-0.2, -0.15) is 0 Å². The van der Waals surface area contributed by atoms with E-state index in [1.807, 2.05) is 12.1 Å². The number of hydrogen-bond donors (Lipinski definition) is 1. The molecule has 0 radical (unpaired) electrons. The maximum Gasteiger partial charge on any atom is 0.248 e. The second-order valence-electron chi connectivity index (χ2n) is 9.35. The molecule has 2 aromatic rings. The van der Waals surface area contributed by atoms with Crippen LogP contribution in [0.1, 0.15) is 41.6 Å². The lowest BCUT2D eigenvalue weighted by molar-refractivity contribution is -0.0318. The van der Waals surface area contributed by atoms with Crippen molar-refractivity contribution in [2.45, 2.75) is 44.2 Å². The van der Waals surface area contributed by atoms with E-state index in [1.165, 1.54) is 37.8 Å². The van der Waals surface area contributed by atoms with Crippen LogP contribution >= 0.6 is 0 Å². The number of carbonyl (C=O) groups is 1. The normalized spacial score (nSPS) is 28.1. The average Bonchev–Trinajstić information content (AvgIpc) is 2.82. The number of primary amides is 1. The highest BCUT2D eigenvalue weighted by atomic mass is 16.5. The molecule has 3 fully saturated rings. The summed E-state index contributed by atoms with van der Waals surface area (Å²) in [6.45, 7) is 3.20. The molecule has 164 valence electrons. The summed E-state index contributed by atoms with van der Waals surface area (Å²) in [4.78, 5) is 21.5. The second kappa shape index (κ2) is 8.50. The molecular weight excluding hydrogens is 388 g/mol. The first kappa shape index (κ1) is 20.3. The highest BCUT2D eigenvalue weighted by Crippen LogP contribution is 2.43. The molecule has 3 saturated heterocycles. The van der Waals surface area contributed by atoms with E-state index in [2.05, 4.69) is 33.0 Å². The molecule has 0 unspecified atom stereocenters. The molecule has 4 atom stereocenters. The molecule has 31 heavy (non-hydrogen) atoms. The van der Waals surface area contributed by atoms with Crippen molar-refractivity contribution in [3.8, 4) is 5.75 Å². The Morgan fingerprint density at radius 3 is 2.90 bits per heavy atom. The molecule has 2 N–H and O–H groups in total. The van der Waals surface area contributed by atoms with E-state index in [-0.39, 0.29) is 0 Å². The number of aromatic nitrogens is 1. The number of hydrogen-bond acceptors (Lipinski definition) is 5. The molecular formula is C25H32N4O2. The first-order valence-electron chi connectivity index (χ1n) is 11.5. The average molecular weight is 421 g/mol. The highest BCUT2D eigenvalue weighted by molar-refractivity contribution is 5.93. The zero-order valence-corrected chi connectivity index (χ0v) is 18.2. The predicted molar refractivity (Wildman–Crippen MR) is 121 cm³/mol. The molecule has 6 nitrogen and oxygen atoms in total. The fourth-order valence-electron chi connectivity index (χ4n) is 6.16. The van der Waals surface area contributed by atoms with Gasteiger partial charge < -0.3 is 15.4 Å². The fraction of sp³-hybridized carbons (Fsp3) is 0.520. The van der Waals surface area contributed by atoms with Gasteiger partial charge in [-0.05, 0) is 73.9 Å². The summed E-state index contributed by atoms with van der Waals surface area (Å²) in [6.07, 6.45) is 7.95. The standard InChI is InChI=1S/C25H32N4O2/c1-31-21-6-4-5-17(11-21)12-23-20-13-19(22-7-2-3-10-29(22)23)15-28(16-20)24-14-18(25(26)30)8-9-27-24/h4-6,8-9,11,14,19-20,22-23H,2-3,7,10,12-13,15-16H2,1H3,(H2,26,30)/t19-,20+,22+,23+/m1/s1. The molecule has 4 heterocycles. The van der Waals surface area contributed by atoms with Crippen molar-refractivity contribution in [3.63, 3.8) is 0 Å². The zero-order valence-electron chi connectivity index (χ0n) is 18.2. The van der Waals surface area contributed by atoms with Gasteiger partial charge in [0.15, 0.2) is 0 Å². The summed E-state index contributed by atoms with van der Waals surface area (Å²) in [5.74, 6) is 2.66. The quantitative estimate of drug-likeness (QED) is 0.805. The Morgan fingerprint density at radius 2 is 2.06 bits per heavy atom. The van der Waals surface area contributed by atoms with Crippen LogP contribution in [0.25, 0.3) is 0 Å². The van der Waals surface area contributed by atoms with Gasteiger partial charge in [-0.25, -0.2) is 4.98 Å². The molecule has 1 aromatic heterocycles. The van der Waals surface area contributed by atoms with Crippen LogP contribution < -0.4 is 15.4 Å². The molecule has 6 heteroatoms.